The molecule has 0 saturated heterocycles. The van der Waals surface area contributed by atoms with Crippen LogP contribution < -0.4 is 10.6 Å². The number of phenolic OH excluding ortho intramolecular Hbond substituents is 2. The fourth-order valence-electron chi connectivity index (χ4n) is 2.12. The Bertz CT molecular complexity index is 868. The van der Waals surface area contributed by atoms with Crippen LogP contribution in [0.3, 0.4) is 0 Å². The molecule has 0 aliphatic rings. The smallest absolute Gasteiger partial charge is 0.382 e. The first kappa shape index (κ1) is 20.2. The quantitative estimate of drug-likeness (QED) is 0.210. The summed E-state index contributed by atoms with van der Waals surface area (Å²) in [5.74, 6) is -2.49. The predicted octanol–water partition coefficient (Wildman–Crippen LogP) is 0.440. The van der Waals surface area contributed by atoms with Gasteiger partial charge >= 0.3 is 17.6 Å². The van der Waals surface area contributed by atoms with Gasteiger partial charge in [-0.25, -0.2) is 0 Å². The number of carbonyl (C=O) groups is 2. The summed E-state index contributed by atoms with van der Waals surface area (Å²) in [6, 6.07) is 4.28. The number of nitrogens with one attached hydrogen (secondary N) is 2. The molecule has 144 valence electrons. The first-order chi connectivity index (χ1) is 12.8. The summed E-state index contributed by atoms with van der Waals surface area (Å²) in [4.78, 5) is 37.1. The highest BCUT2D eigenvalue weighted by Gasteiger charge is 2.17. The maximum absolute atomic E-state index is 11.7. The van der Waals surface area contributed by atoms with Crippen molar-refractivity contribution >= 4 is 33.6 Å². The van der Waals surface area contributed by atoms with E-state index in [4.69, 9.17) is 0 Å². The van der Waals surface area contributed by atoms with Gasteiger partial charge in [0.1, 0.15) is 6.20 Å². The van der Waals surface area contributed by atoms with Crippen LogP contribution in [0.15, 0.2) is 29.1 Å². The Morgan fingerprint density at radius 1 is 1.19 bits per heavy atom. The van der Waals surface area contributed by atoms with Gasteiger partial charge in [-0.05, 0) is 34.0 Å². The number of hydrogen-bond acceptors (Lipinski definition) is 7. The zero-order valence-electron chi connectivity index (χ0n) is 13.9. The zero-order chi connectivity index (χ0) is 20.0. The summed E-state index contributed by atoms with van der Waals surface area (Å²) in [5, 5.41) is 34.1. The second-order valence-corrected chi connectivity index (χ2v) is 6.11. The van der Waals surface area contributed by atoms with Crippen molar-refractivity contribution in [2.24, 2.45) is 0 Å². The van der Waals surface area contributed by atoms with E-state index in [2.05, 4.69) is 31.5 Å². The van der Waals surface area contributed by atoms with Crippen LogP contribution in [-0.2, 0) is 22.6 Å². The standard InChI is InChI=1S/C15H16BrN5O6/c16-15-19-12(21(26)27)8-20(15)6-5-18-14(25)13(24)17-4-3-9-1-2-10(22)11(23)7-9/h1-2,7-8,22-23H,3-6H2,(H,17,24)(H,18,25). The molecule has 4 N–H and O–H groups in total. The number of nitro groups is 1. The second kappa shape index (κ2) is 8.98. The third-order valence-electron chi connectivity index (χ3n) is 3.49. The lowest BCUT2D eigenvalue weighted by molar-refractivity contribution is -0.389. The SMILES string of the molecule is O=C(NCCc1ccc(O)c(O)c1)C(=O)NCCn1cc([N+](=O)[O-])nc1Br. The molecule has 0 radical (unpaired) electrons. The molecule has 2 rings (SSSR count). The molecular formula is C15H16BrN5O6. The van der Waals surface area contributed by atoms with Crippen molar-refractivity contribution in [1.82, 2.24) is 20.2 Å². The van der Waals surface area contributed by atoms with Crippen molar-refractivity contribution in [3.05, 3.63) is 44.8 Å². The average Bonchev–Trinajstić information content (AvgIpc) is 2.99. The predicted molar refractivity (Wildman–Crippen MR) is 96.1 cm³/mol. The molecule has 0 aliphatic heterocycles. The Hall–Kier alpha value is -3.15. The molecule has 0 saturated carbocycles. The van der Waals surface area contributed by atoms with E-state index < -0.39 is 16.7 Å². The maximum Gasteiger partial charge on any atom is 0.382 e. The number of phenols is 2. The lowest BCUT2D eigenvalue weighted by Gasteiger charge is -2.07. The summed E-state index contributed by atoms with van der Waals surface area (Å²) in [7, 11) is 0. The number of aromatic nitrogens is 2. The van der Waals surface area contributed by atoms with Gasteiger partial charge in [0.25, 0.3) is 4.73 Å². The van der Waals surface area contributed by atoms with Crippen LogP contribution in [0.5, 0.6) is 11.5 Å². The maximum atomic E-state index is 11.7. The Morgan fingerprint density at radius 3 is 2.44 bits per heavy atom. The zero-order valence-corrected chi connectivity index (χ0v) is 15.5. The van der Waals surface area contributed by atoms with Gasteiger partial charge in [-0.2, -0.15) is 0 Å². The number of imidazole rings is 1. The van der Waals surface area contributed by atoms with Gasteiger partial charge in [0.15, 0.2) is 11.5 Å². The largest absolute Gasteiger partial charge is 0.504 e. The van der Waals surface area contributed by atoms with Gasteiger partial charge in [-0.3, -0.25) is 14.2 Å². The summed E-state index contributed by atoms with van der Waals surface area (Å²) in [6.07, 6.45) is 1.57. The van der Waals surface area contributed by atoms with Crippen LogP contribution >= 0.6 is 15.9 Å². The van der Waals surface area contributed by atoms with Gasteiger partial charge in [0.2, 0.25) is 0 Å². The molecular weight excluding hydrogens is 426 g/mol. The Morgan fingerprint density at radius 2 is 1.85 bits per heavy atom. The molecule has 0 bridgehead atoms. The number of carbonyl (C=O) groups excluding carboxylic acids is 2. The highest BCUT2D eigenvalue weighted by molar-refractivity contribution is 9.10. The number of aromatic hydroxyl groups is 2. The van der Waals surface area contributed by atoms with Crippen LogP contribution in [0.4, 0.5) is 5.82 Å². The molecule has 0 aliphatic carbocycles. The van der Waals surface area contributed by atoms with Crippen LogP contribution in [0, 0.1) is 10.1 Å². The highest BCUT2D eigenvalue weighted by atomic mass is 79.9. The van der Waals surface area contributed by atoms with Crippen molar-refractivity contribution in [3.63, 3.8) is 0 Å². The number of halogens is 1. The number of hydrogen-bond donors (Lipinski definition) is 4. The van der Waals surface area contributed by atoms with Crippen LogP contribution in [0.25, 0.3) is 0 Å². The molecule has 0 fully saturated rings. The van der Waals surface area contributed by atoms with Gasteiger partial charge in [0.05, 0.1) is 0 Å². The third kappa shape index (κ3) is 5.67. The number of benzene rings is 1. The van der Waals surface area contributed by atoms with Crippen LogP contribution in [0.1, 0.15) is 5.56 Å². The van der Waals surface area contributed by atoms with E-state index in [0.29, 0.717) is 12.0 Å². The summed E-state index contributed by atoms with van der Waals surface area (Å²) in [6.45, 7) is 0.424. The van der Waals surface area contributed by atoms with Gasteiger partial charge in [-0.15, -0.1) is 0 Å². The molecule has 1 heterocycles. The van der Waals surface area contributed by atoms with E-state index in [9.17, 15) is 29.9 Å². The van der Waals surface area contributed by atoms with Gasteiger partial charge in [0, 0.05) is 35.6 Å². The molecule has 11 nitrogen and oxygen atoms in total. The Labute approximate surface area is 161 Å². The molecule has 0 atom stereocenters. The van der Waals surface area contributed by atoms with E-state index in [0.717, 1.165) is 0 Å². The van der Waals surface area contributed by atoms with Crippen molar-refractivity contribution in [2.45, 2.75) is 13.0 Å². The minimum absolute atomic E-state index is 0.0736. The van der Waals surface area contributed by atoms with Gasteiger partial charge in [-0.1, -0.05) is 6.07 Å². The molecule has 2 amide bonds. The fourth-order valence-corrected chi connectivity index (χ4v) is 2.58. The number of rotatable bonds is 7. The number of amides is 2. The lowest BCUT2D eigenvalue weighted by Crippen LogP contribution is -2.41. The van der Waals surface area contributed by atoms with Gasteiger partial charge < -0.3 is 31.0 Å². The first-order valence-electron chi connectivity index (χ1n) is 7.72. The average molecular weight is 442 g/mol. The lowest BCUT2D eigenvalue weighted by atomic mass is 10.1. The minimum atomic E-state index is -0.839. The first-order valence-corrected chi connectivity index (χ1v) is 8.51. The molecule has 1 aromatic carbocycles. The number of nitrogens with zero attached hydrogens (tertiary/aromatic N) is 3. The molecule has 27 heavy (non-hydrogen) atoms. The Balaban J connectivity index is 1.73. The van der Waals surface area contributed by atoms with E-state index in [1.807, 2.05) is 0 Å². The molecule has 1 aromatic heterocycles. The second-order valence-electron chi connectivity index (χ2n) is 5.40. The summed E-state index contributed by atoms with van der Waals surface area (Å²) in [5.41, 5.74) is 0.678. The molecule has 0 spiro atoms. The molecule has 0 unspecified atom stereocenters. The normalized spacial score (nSPS) is 10.4. The molecule has 2 aromatic rings. The summed E-state index contributed by atoms with van der Waals surface area (Å²) < 4.78 is 1.67. The third-order valence-corrected chi connectivity index (χ3v) is 4.12. The highest BCUT2D eigenvalue weighted by Crippen LogP contribution is 2.24. The summed E-state index contributed by atoms with van der Waals surface area (Å²) >= 11 is 3.07. The van der Waals surface area contributed by atoms with Crippen LogP contribution in [0.2, 0.25) is 0 Å². The topological polar surface area (TPSA) is 160 Å². The van der Waals surface area contributed by atoms with E-state index >= 15 is 0 Å². The Kier molecular flexibility index (Phi) is 6.71. The van der Waals surface area contributed by atoms with E-state index in [1.165, 1.54) is 22.9 Å². The monoisotopic (exact) mass is 441 g/mol. The van der Waals surface area contributed by atoms with Crippen LogP contribution in [-0.4, -0.2) is 49.6 Å². The van der Waals surface area contributed by atoms with Crippen molar-refractivity contribution < 1.29 is 24.7 Å². The van der Waals surface area contributed by atoms with Crippen molar-refractivity contribution in [2.75, 3.05) is 13.1 Å². The molecule has 12 heteroatoms. The van der Waals surface area contributed by atoms with Crippen molar-refractivity contribution in [1.29, 1.82) is 0 Å². The van der Waals surface area contributed by atoms with E-state index in [1.54, 1.807) is 6.07 Å². The fraction of sp³-hybridized carbons (Fsp3) is 0.267. The minimum Gasteiger partial charge on any atom is -0.504 e. The van der Waals surface area contributed by atoms with Crippen molar-refractivity contribution in [3.8, 4) is 11.5 Å². The van der Waals surface area contributed by atoms with E-state index in [-0.39, 0.29) is 41.7 Å².